The van der Waals surface area contributed by atoms with Crippen molar-refractivity contribution in [2.24, 2.45) is 0 Å². The third-order valence-corrected chi connectivity index (χ3v) is 3.37. The highest BCUT2D eigenvalue weighted by molar-refractivity contribution is 9.10. The van der Waals surface area contributed by atoms with E-state index in [4.69, 9.17) is 4.74 Å². The monoisotopic (exact) mass is 353 g/mol. The minimum Gasteiger partial charge on any atom is -0.450 e. The molecule has 0 amide bonds. The highest BCUT2D eigenvalue weighted by Gasteiger charge is 2.20. The molecule has 0 aliphatic heterocycles. The molecule has 0 fully saturated rings. The Hall–Kier alpha value is -2.28. The van der Waals surface area contributed by atoms with Crippen LogP contribution in [-0.2, 0) is 0 Å². The Morgan fingerprint density at radius 1 is 1.29 bits per heavy atom. The Bertz CT molecular complexity index is 733. The topological polar surface area (TPSA) is 69.4 Å². The minimum atomic E-state index is -0.681. The average Bonchev–Trinajstić information content (AvgIpc) is 2.44. The van der Waals surface area contributed by atoms with E-state index >= 15 is 0 Å². The zero-order valence-corrected chi connectivity index (χ0v) is 12.4. The molecule has 0 aliphatic carbocycles. The van der Waals surface area contributed by atoms with Crippen LogP contribution in [0.5, 0.6) is 11.5 Å². The maximum atomic E-state index is 13.6. The summed E-state index contributed by atoms with van der Waals surface area (Å²) in [5.74, 6) is -0.656. The molecule has 0 saturated heterocycles. The molecule has 0 radical (unpaired) electrons. The largest absolute Gasteiger partial charge is 0.450 e. The second-order valence-electron chi connectivity index (χ2n) is 4.24. The van der Waals surface area contributed by atoms with Crippen LogP contribution in [0, 0.1) is 22.9 Å². The fraction of sp³-hybridized carbons (Fsp3) is 0.0714. The third-order valence-electron chi connectivity index (χ3n) is 2.77. The lowest BCUT2D eigenvalue weighted by Gasteiger charge is -2.10. The number of aryl methyl sites for hydroxylation is 1. The zero-order valence-electron chi connectivity index (χ0n) is 10.8. The Balaban J connectivity index is 2.50. The Morgan fingerprint density at radius 3 is 2.62 bits per heavy atom. The van der Waals surface area contributed by atoms with Gasteiger partial charge in [0.05, 0.1) is 9.40 Å². The summed E-state index contributed by atoms with van der Waals surface area (Å²) in [5.41, 5.74) is 0.647. The third kappa shape index (κ3) is 3.25. The van der Waals surface area contributed by atoms with E-state index in [9.17, 15) is 19.3 Å². The summed E-state index contributed by atoms with van der Waals surface area (Å²) in [5, 5.41) is 11.0. The van der Waals surface area contributed by atoms with Crippen molar-refractivity contribution in [2.75, 3.05) is 0 Å². The molecule has 0 heterocycles. The van der Waals surface area contributed by atoms with E-state index in [0.29, 0.717) is 17.4 Å². The summed E-state index contributed by atoms with van der Waals surface area (Å²) in [7, 11) is 0. The molecule has 0 spiro atoms. The Labute approximate surface area is 127 Å². The molecule has 2 aromatic rings. The first-order valence-corrected chi connectivity index (χ1v) is 6.59. The maximum absolute atomic E-state index is 13.6. The van der Waals surface area contributed by atoms with Crippen molar-refractivity contribution < 1.29 is 18.8 Å². The van der Waals surface area contributed by atoms with E-state index in [1.807, 2.05) is 0 Å². The van der Waals surface area contributed by atoms with Crippen molar-refractivity contribution in [2.45, 2.75) is 6.92 Å². The lowest BCUT2D eigenvalue weighted by atomic mass is 10.1. The van der Waals surface area contributed by atoms with Gasteiger partial charge in [-0.15, -0.1) is 0 Å². The van der Waals surface area contributed by atoms with Crippen molar-refractivity contribution >= 4 is 27.9 Å². The summed E-state index contributed by atoms with van der Waals surface area (Å²) < 4.78 is 19.0. The molecule has 2 aromatic carbocycles. The van der Waals surface area contributed by atoms with Crippen LogP contribution >= 0.6 is 15.9 Å². The lowest BCUT2D eigenvalue weighted by molar-refractivity contribution is -0.385. The number of halogens is 2. The molecule has 108 valence electrons. The Morgan fingerprint density at radius 2 is 2.00 bits per heavy atom. The molecule has 0 aliphatic rings. The number of carbonyl (C=O) groups excluding carboxylic acids is 1. The summed E-state index contributed by atoms with van der Waals surface area (Å²) >= 11 is 2.89. The number of benzene rings is 2. The molecular formula is C14H9BrFNO4. The second-order valence-corrected chi connectivity index (χ2v) is 5.09. The number of rotatable bonds is 4. The molecule has 0 aromatic heterocycles. The van der Waals surface area contributed by atoms with Gasteiger partial charge in [-0.2, -0.15) is 0 Å². The van der Waals surface area contributed by atoms with Gasteiger partial charge in [0.25, 0.3) is 0 Å². The van der Waals surface area contributed by atoms with Crippen LogP contribution in [0.2, 0.25) is 0 Å². The van der Waals surface area contributed by atoms with Gasteiger partial charge in [0.15, 0.2) is 0 Å². The fourth-order valence-corrected chi connectivity index (χ4v) is 1.99. The van der Waals surface area contributed by atoms with E-state index in [2.05, 4.69) is 15.9 Å². The van der Waals surface area contributed by atoms with Gasteiger partial charge in [0.1, 0.15) is 17.9 Å². The van der Waals surface area contributed by atoms with Crippen LogP contribution in [0.25, 0.3) is 0 Å². The predicted molar refractivity (Wildman–Crippen MR) is 77.4 cm³/mol. The molecular weight excluding hydrogens is 345 g/mol. The summed E-state index contributed by atoms with van der Waals surface area (Å²) in [6.07, 6.45) is 0.628. The molecule has 7 heteroatoms. The number of carbonyl (C=O) groups is 1. The summed E-state index contributed by atoms with van der Waals surface area (Å²) in [6.45, 7) is 1.71. The normalized spacial score (nSPS) is 10.2. The standard InChI is InChI=1S/C14H9BrFNO4/c1-8-2-3-9(7-18)4-13(8)21-14-6-11(16)10(15)5-12(14)17(19)20/h2-7H,1H3. The number of hydrogen-bond donors (Lipinski definition) is 0. The number of nitro groups is 1. The predicted octanol–water partition coefficient (Wildman–Crippen LogP) is 4.41. The van der Waals surface area contributed by atoms with E-state index in [0.717, 1.165) is 12.1 Å². The molecule has 0 atom stereocenters. The maximum Gasteiger partial charge on any atom is 0.312 e. The number of aldehydes is 1. The van der Waals surface area contributed by atoms with Crippen molar-refractivity contribution in [1.82, 2.24) is 0 Å². The van der Waals surface area contributed by atoms with Gasteiger partial charge >= 0.3 is 5.69 Å². The van der Waals surface area contributed by atoms with Gasteiger partial charge in [-0.3, -0.25) is 14.9 Å². The lowest BCUT2D eigenvalue weighted by Crippen LogP contribution is -1.97. The summed E-state index contributed by atoms with van der Waals surface area (Å²) in [6, 6.07) is 6.62. The van der Waals surface area contributed by atoms with Crippen LogP contribution in [0.1, 0.15) is 15.9 Å². The van der Waals surface area contributed by atoms with Crippen molar-refractivity contribution in [3.63, 3.8) is 0 Å². The highest BCUT2D eigenvalue weighted by Crippen LogP contribution is 2.36. The van der Waals surface area contributed by atoms with Crippen LogP contribution < -0.4 is 4.74 Å². The average molecular weight is 354 g/mol. The van der Waals surface area contributed by atoms with E-state index in [1.54, 1.807) is 19.1 Å². The van der Waals surface area contributed by atoms with Gasteiger partial charge in [-0.05, 0) is 34.5 Å². The number of hydrogen-bond acceptors (Lipinski definition) is 4. The SMILES string of the molecule is Cc1ccc(C=O)cc1Oc1cc(F)c(Br)cc1[N+](=O)[O-]. The number of nitrogens with zero attached hydrogens (tertiary/aromatic N) is 1. The molecule has 2 rings (SSSR count). The Kier molecular flexibility index (Phi) is 4.32. The first-order chi connectivity index (χ1) is 9.92. The van der Waals surface area contributed by atoms with E-state index in [-0.39, 0.29) is 21.7 Å². The number of ether oxygens (including phenoxy) is 1. The van der Waals surface area contributed by atoms with Gasteiger partial charge in [0.2, 0.25) is 5.75 Å². The van der Waals surface area contributed by atoms with E-state index in [1.165, 1.54) is 6.07 Å². The van der Waals surface area contributed by atoms with Gasteiger partial charge in [-0.1, -0.05) is 12.1 Å². The van der Waals surface area contributed by atoms with Gasteiger partial charge in [0, 0.05) is 17.7 Å². The first kappa shape index (κ1) is 15.1. The first-order valence-electron chi connectivity index (χ1n) is 5.79. The van der Waals surface area contributed by atoms with Gasteiger partial charge < -0.3 is 4.74 Å². The van der Waals surface area contributed by atoms with Crippen LogP contribution in [0.3, 0.4) is 0 Å². The molecule has 5 nitrogen and oxygen atoms in total. The molecule has 0 unspecified atom stereocenters. The van der Waals surface area contributed by atoms with Crippen molar-refractivity contribution in [3.8, 4) is 11.5 Å². The quantitative estimate of drug-likeness (QED) is 0.463. The number of nitro benzene ring substituents is 1. The molecule has 0 N–H and O–H groups in total. The molecule has 0 saturated carbocycles. The second kappa shape index (κ2) is 6.01. The van der Waals surface area contributed by atoms with Crippen LogP contribution in [0.4, 0.5) is 10.1 Å². The van der Waals surface area contributed by atoms with Crippen molar-refractivity contribution in [1.29, 1.82) is 0 Å². The molecule has 21 heavy (non-hydrogen) atoms. The zero-order chi connectivity index (χ0) is 15.6. The summed E-state index contributed by atoms with van der Waals surface area (Å²) in [4.78, 5) is 21.1. The van der Waals surface area contributed by atoms with E-state index < -0.39 is 10.7 Å². The van der Waals surface area contributed by atoms with Gasteiger partial charge in [-0.25, -0.2) is 4.39 Å². The molecule has 0 bridgehead atoms. The van der Waals surface area contributed by atoms with Crippen LogP contribution in [-0.4, -0.2) is 11.2 Å². The van der Waals surface area contributed by atoms with Crippen molar-refractivity contribution in [3.05, 3.63) is 61.9 Å². The highest BCUT2D eigenvalue weighted by atomic mass is 79.9. The van der Waals surface area contributed by atoms with Crippen LogP contribution in [0.15, 0.2) is 34.8 Å². The minimum absolute atomic E-state index is 0.0279. The fourth-order valence-electron chi connectivity index (χ4n) is 1.66. The smallest absolute Gasteiger partial charge is 0.312 e.